The average molecular weight is 491 g/mol. The van der Waals surface area contributed by atoms with Gasteiger partial charge in [0.25, 0.3) is 5.56 Å². The number of carbonyl (C=O) groups is 1. The lowest BCUT2D eigenvalue weighted by molar-refractivity contribution is -0.139. The maximum atomic E-state index is 13.7. The molecule has 0 amide bonds. The third-order valence-electron chi connectivity index (χ3n) is 5.71. The van der Waals surface area contributed by atoms with E-state index in [1.807, 2.05) is 18.2 Å². The standard InChI is InChI=1S/C27H26N2O5S/c1-5-7-19-14-17(8-13-21(19)30)15-22-25(31)29-24(18-9-11-20(33-4)12-10-18)23(26(32)34-6-2)16(3)28-27(29)35-22/h5,8-15,24,30H,1,6-7H2,2-4H3/b22-15+/t24-/m1/s1. The number of hydrogen-bond acceptors (Lipinski definition) is 7. The molecule has 0 spiro atoms. The number of phenols is 1. The van der Waals surface area contributed by atoms with E-state index in [1.54, 1.807) is 61.9 Å². The van der Waals surface area contributed by atoms with Crippen molar-refractivity contribution in [3.8, 4) is 11.5 Å². The molecule has 0 bridgehead atoms. The van der Waals surface area contributed by atoms with Gasteiger partial charge in [-0.15, -0.1) is 6.58 Å². The minimum Gasteiger partial charge on any atom is -0.508 e. The van der Waals surface area contributed by atoms with E-state index in [0.717, 1.165) is 16.7 Å². The Morgan fingerprint density at radius 1 is 1.26 bits per heavy atom. The molecule has 1 N–H and O–H groups in total. The number of ether oxygens (including phenoxy) is 2. The lowest BCUT2D eigenvalue weighted by Crippen LogP contribution is -2.39. The molecule has 0 unspecified atom stereocenters. The van der Waals surface area contributed by atoms with Gasteiger partial charge in [0.05, 0.1) is 35.6 Å². The SMILES string of the molecule is C=CCc1cc(/C=c2/sc3n(c2=O)[C@H](c2ccc(OC)cc2)C(C(=O)OCC)=C(C)N=3)ccc1O. The van der Waals surface area contributed by atoms with Crippen molar-refractivity contribution < 1.29 is 19.4 Å². The molecule has 1 atom stereocenters. The van der Waals surface area contributed by atoms with Crippen LogP contribution in [0.4, 0.5) is 0 Å². The zero-order chi connectivity index (χ0) is 25.1. The Labute approximate surface area is 206 Å². The predicted octanol–water partition coefficient (Wildman–Crippen LogP) is 3.24. The highest BCUT2D eigenvalue weighted by molar-refractivity contribution is 7.07. The summed E-state index contributed by atoms with van der Waals surface area (Å²) < 4.78 is 12.6. The number of rotatable bonds is 7. The van der Waals surface area contributed by atoms with E-state index in [9.17, 15) is 14.7 Å². The zero-order valence-electron chi connectivity index (χ0n) is 19.8. The Kier molecular flexibility index (Phi) is 7.02. The molecule has 0 aliphatic carbocycles. The van der Waals surface area contributed by atoms with Crippen LogP contribution >= 0.6 is 11.3 Å². The number of hydrogen-bond donors (Lipinski definition) is 1. The van der Waals surface area contributed by atoms with Crippen LogP contribution in [0.15, 0.2) is 76.2 Å². The summed E-state index contributed by atoms with van der Waals surface area (Å²) in [4.78, 5) is 31.7. The number of fused-ring (bicyclic) bond motifs is 1. The van der Waals surface area contributed by atoms with E-state index >= 15 is 0 Å². The molecule has 8 heteroatoms. The van der Waals surface area contributed by atoms with Crippen LogP contribution in [-0.2, 0) is 16.0 Å². The number of thiazole rings is 1. The maximum Gasteiger partial charge on any atom is 0.338 e. The number of benzene rings is 2. The fourth-order valence-electron chi connectivity index (χ4n) is 4.06. The number of allylic oxidation sites excluding steroid dienone is 2. The molecule has 180 valence electrons. The van der Waals surface area contributed by atoms with E-state index < -0.39 is 12.0 Å². The molecular formula is C27H26N2O5S. The summed E-state index contributed by atoms with van der Waals surface area (Å²) in [5.41, 5.74) is 2.81. The highest BCUT2D eigenvalue weighted by Gasteiger charge is 2.33. The summed E-state index contributed by atoms with van der Waals surface area (Å²) in [6.45, 7) is 7.43. The van der Waals surface area contributed by atoms with Gasteiger partial charge in [0, 0.05) is 0 Å². The van der Waals surface area contributed by atoms with Gasteiger partial charge >= 0.3 is 5.97 Å². The van der Waals surface area contributed by atoms with Crippen LogP contribution < -0.4 is 19.6 Å². The van der Waals surface area contributed by atoms with E-state index in [1.165, 1.54) is 11.3 Å². The molecule has 1 aromatic heterocycles. The molecule has 2 aromatic carbocycles. The first-order valence-corrected chi connectivity index (χ1v) is 12.0. The van der Waals surface area contributed by atoms with Crippen molar-refractivity contribution in [2.75, 3.05) is 13.7 Å². The summed E-state index contributed by atoms with van der Waals surface area (Å²) >= 11 is 1.25. The maximum absolute atomic E-state index is 13.7. The number of methoxy groups -OCH3 is 1. The van der Waals surface area contributed by atoms with E-state index in [2.05, 4.69) is 11.6 Å². The topological polar surface area (TPSA) is 90.1 Å². The van der Waals surface area contributed by atoms with Gasteiger partial charge < -0.3 is 14.6 Å². The van der Waals surface area contributed by atoms with Crippen molar-refractivity contribution in [3.63, 3.8) is 0 Å². The average Bonchev–Trinajstić information content (AvgIpc) is 3.15. The van der Waals surface area contributed by atoms with Crippen LogP contribution in [0.1, 0.15) is 36.6 Å². The van der Waals surface area contributed by atoms with Crippen molar-refractivity contribution in [1.82, 2.24) is 4.57 Å². The van der Waals surface area contributed by atoms with Gasteiger partial charge in [0.1, 0.15) is 11.5 Å². The number of phenolic OH excluding ortho intramolecular Hbond substituents is 1. The van der Waals surface area contributed by atoms with Crippen molar-refractivity contribution in [3.05, 3.63) is 103 Å². The Morgan fingerprint density at radius 2 is 2.00 bits per heavy atom. The highest BCUT2D eigenvalue weighted by atomic mass is 32.1. The first-order chi connectivity index (χ1) is 16.9. The lowest BCUT2D eigenvalue weighted by atomic mass is 9.96. The van der Waals surface area contributed by atoms with Gasteiger partial charge in [0.2, 0.25) is 0 Å². The first-order valence-electron chi connectivity index (χ1n) is 11.1. The number of aromatic nitrogens is 1. The summed E-state index contributed by atoms with van der Waals surface area (Å²) in [6.07, 6.45) is 3.99. The minimum absolute atomic E-state index is 0.178. The molecule has 0 fully saturated rings. The number of aromatic hydroxyl groups is 1. The normalized spacial score (nSPS) is 15.4. The molecule has 0 radical (unpaired) electrons. The summed E-state index contributed by atoms with van der Waals surface area (Å²) in [5.74, 6) is 0.344. The number of carbonyl (C=O) groups excluding carboxylic acids is 1. The largest absolute Gasteiger partial charge is 0.508 e. The monoisotopic (exact) mass is 490 g/mol. The van der Waals surface area contributed by atoms with Gasteiger partial charge in [-0.2, -0.15) is 0 Å². The minimum atomic E-state index is -0.686. The Balaban J connectivity index is 1.91. The molecule has 0 saturated carbocycles. The molecule has 7 nitrogen and oxygen atoms in total. The summed E-state index contributed by atoms with van der Waals surface area (Å²) in [7, 11) is 1.58. The quantitative estimate of drug-likeness (QED) is 0.406. The van der Waals surface area contributed by atoms with Crippen molar-refractivity contribution >= 4 is 23.4 Å². The number of nitrogens with zero attached hydrogens (tertiary/aromatic N) is 2. The zero-order valence-corrected chi connectivity index (χ0v) is 20.6. The smallest absolute Gasteiger partial charge is 0.338 e. The molecular weight excluding hydrogens is 464 g/mol. The Bertz CT molecular complexity index is 1500. The predicted molar refractivity (Wildman–Crippen MR) is 135 cm³/mol. The van der Waals surface area contributed by atoms with E-state index in [-0.39, 0.29) is 17.9 Å². The van der Waals surface area contributed by atoms with E-state index in [0.29, 0.717) is 32.8 Å². The second kappa shape index (κ2) is 10.1. The van der Waals surface area contributed by atoms with Crippen molar-refractivity contribution in [2.45, 2.75) is 26.3 Å². The first kappa shape index (κ1) is 24.2. The van der Waals surface area contributed by atoms with Gasteiger partial charge in [-0.1, -0.05) is 35.6 Å². The molecule has 4 rings (SSSR count). The van der Waals surface area contributed by atoms with Crippen LogP contribution in [-0.4, -0.2) is 29.4 Å². The summed E-state index contributed by atoms with van der Waals surface area (Å²) in [6, 6.07) is 11.7. The molecule has 1 aliphatic heterocycles. The lowest BCUT2D eigenvalue weighted by Gasteiger charge is -2.24. The second-order valence-corrected chi connectivity index (χ2v) is 8.97. The van der Waals surface area contributed by atoms with Crippen LogP contribution in [0.3, 0.4) is 0 Å². The third kappa shape index (κ3) is 4.70. The molecule has 3 aromatic rings. The van der Waals surface area contributed by atoms with Crippen molar-refractivity contribution in [1.29, 1.82) is 0 Å². The van der Waals surface area contributed by atoms with Crippen LogP contribution in [0.25, 0.3) is 6.08 Å². The Morgan fingerprint density at radius 3 is 2.66 bits per heavy atom. The Hall–Kier alpha value is -3.91. The second-order valence-electron chi connectivity index (χ2n) is 7.96. The van der Waals surface area contributed by atoms with Crippen LogP contribution in [0.2, 0.25) is 0 Å². The van der Waals surface area contributed by atoms with Gasteiger partial charge in [-0.3, -0.25) is 9.36 Å². The highest BCUT2D eigenvalue weighted by Crippen LogP contribution is 2.31. The molecule has 2 heterocycles. The van der Waals surface area contributed by atoms with Gasteiger partial charge in [-0.05, 0) is 67.3 Å². The fraction of sp³-hybridized carbons (Fsp3) is 0.222. The van der Waals surface area contributed by atoms with Crippen LogP contribution in [0.5, 0.6) is 11.5 Å². The van der Waals surface area contributed by atoms with E-state index in [4.69, 9.17) is 9.47 Å². The van der Waals surface area contributed by atoms with Gasteiger partial charge in [0.15, 0.2) is 4.80 Å². The number of esters is 1. The molecule has 0 saturated heterocycles. The molecule has 35 heavy (non-hydrogen) atoms. The summed E-state index contributed by atoms with van der Waals surface area (Å²) in [5, 5.41) is 10.1. The van der Waals surface area contributed by atoms with Crippen LogP contribution in [0, 0.1) is 0 Å². The third-order valence-corrected chi connectivity index (χ3v) is 6.70. The molecule has 1 aliphatic rings. The van der Waals surface area contributed by atoms with Crippen molar-refractivity contribution in [2.24, 2.45) is 4.99 Å². The van der Waals surface area contributed by atoms with Gasteiger partial charge in [-0.25, -0.2) is 9.79 Å². The fourth-order valence-corrected chi connectivity index (χ4v) is 5.11.